The molecule has 0 saturated heterocycles. The Morgan fingerprint density at radius 2 is 1.60 bits per heavy atom. The lowest BCUT2D eigenvalue weighted by molar-refractivity contribution is -0.176. The molecule has 0 unspecified atom stereocenters. The van der Waals surface area contributed by atoms with Crippen LogP contribution < -0.4 is 0 Å². The fraction of sp³-hybridized carbons (Fsp3) is 0.333. The molecule has 0 amide bonds. The predicted octanol–water partition coefficient (Wildman–Crippen LogP) is 0.895. The topological polar surface area (TPSA) is 72.8 Å². The molecular weight excluding hydrogens is 260 g/mol. The van der Waals surface area contributed by atoms with E-state index in [9.17, 15) is 14.7 Å². The first-order valence-corrected chi connectivity index (χ1v) is 6.19. The van der Waals surface area contributed by atoms with E-state index >= 15 is 0 Å². The maximum atomic E-state index is 11.7. The number of aliphatic hydroxyl groups is 1. The zero-order chi connectivity index (χ0) is 15.0. The van der Waals surface area contributed by atoms with Crippen LogP contribution in [0, 0.1) is 11.8 Å². The first kappa shape index (κ1) is 15.7. The summed E-state index contributed by atoms with van der Waals surface area (Å²) in [6.45, 7) is 3.17. The number of ether oxygens (including phenoxy) is 2. The van der Waals surface area contributed by atoms with Crippen molar-refractivity contribution in [1.29, 1.82) is 0 Å². The summed E-state index contributed by atoms with van der Waals surface area (Å²) < 4.78 is 9.34. The van der Waals surface area contributed by atoms with Crippen LogP contribution in [0.4, 0.5) is 0 Å². The molecule has 106 valence electrons. The number of carbonyl (C=O) groups excluding carboxylic acids is 2. The van der Waals surface area contributed by atoms with E-state index in [0.29, 0.717) is 5.56 Å². The second-order valence-electron chi connectivity index (χ2n) is 3.77. The lowest BCUT2D eigenvalue weighted by Gasteiger charge is -2.17. The number of rotatable bonds is 4. The molecule has 0 heterocycles. The van der Waals surface area contributed by atoms with E-state index in [0.717, 1.165) is 0 Å². The predicted molar refractivity (Wildman–Crippen MR) is 71.5 cm³/mol. The molecule has 0 aromatic heterocycles. The smallest absolute Gasteiger partial charge is 0.363 e. The van der Waals surface area contributed by atoms with Crippen molar-refractivity contribution in [3.63, 3.8) is 0 Å². The van der Waals surface area contributed by atoms with Crippen LogP contribution in [0.5, 0.6) is 0 Å². The lowest BCUT2D eigenvalue weighted by atomic mass is 10.0. The van der Waals surface area contributed by atoms with Crippen molar-refractivity contribution in [1.82, 2.24) is 0 Å². The summed E-state index contributed by atoms with van der Waals surface area (Å²) in [5, 5.41) is 10.1. The lowest BCUT2D eigenvalue weighted by Crippen LogP contribution is -2.47. The quantitative estimate of drug-likeness (QED) is 0.502. The van der Waals surface area contributed by atoms with Crippen LogP contribution in [-0.4, -0.2) is 35.9 Å². The summed E-state index contributed by atoms with van der Waals surface area (Å²) in [4.78, 5) is 23.5. The molecule has 0 aliphatic rings. The third-order valence-electron chi connectivity index (χ3n) is 2.30. The first-order valence-electron chi connectivity index (χ1n) is 6.19. The van der Waals surface area contributed by atoms with Crippen LogP contribution in [0.3, 0.4) is 0 Å². The van der Waals surface area contributed by atoms with Crippen LogP contribution in [-0.2, 0) is 19.1 Å². The van der Waals surface area contributed by atoms with Gasteiger partial charge in [-0.1, -0.05) is 24.1 Å². The molecule has 0 saturated carbocycles. The van der Waals surface area contributed by atoms with Crippen LogP contribution in [0.15, 0.2) is 30.3 Å². The third-order valence-corrected chi connectivity index (χ3v) is 2.30. The Kier molecular flexibility index (Phi) is 5.75. The molecule has 0 spiro atoms. The maximum Gasteiger partial charge on any atom is 0.363 e. The molecule has 20 heavy (non-hydrogen) atoms. The van der Waals surface area contributed by atoms with Gasteiger partial charge >= 0.3 is 17.5 Å². The third kappa shape index (κ3) is 3.84. The summed E-state index contributed by atoms with van der Waals surface area (Å²) in [6.07, 6.45) is 0. The summed E-state index contributed by atoms with van der Waals surface area (Å²) in [5.41, 5.74) is -2.05. The molecular formula is C15H16O5. The van der Waals surface area contributed by atoms with E-state index in [1.165, 1.54) is 0 Å². The number of esters is 2. The van der Waals surface area contributed by atoms with Crippen molar-refractivity contribution >= 4 is 11.9 Å². The SMILES string of the molecule is CCOC(=O)C(O)(C#Cc1ccccc1)C(=O)OCC. The molecule has 5 nitrogen and oxygen atoms in total. The highest BCUT2D eigenvalue weighted by molar-refractivity contribution is 6.07. The summed E-state index contributed by atoms with van der Waals surface area (Å²) >= 11 is 0. The van der Waals surface area contributed by atoms with Crippen molar-refractivity contribution in [2.24, 2.45) is 0 Å². The van der Waals surface area contributed by atoms with E-state index in [1.807, 2.05) is 0 Å². The van der Waals surface area contributed by atoms with Gasteiger partial charge < -0.3 is 14.6 Å². The van der Waals surface area contributed by atoms with E-state index in [1.54, 1.807) is 44.2 Å². The highest BCUT2D eigenvalue weighted by Gasteiger charge is 2.46. The van der Waals surface area contributed by atoms with Crippen molar-refractivity contribution in [3.05, 3.63) is 35.9 Å². The Morgan fingerprint density at radius 3 is 2.05 bits per heavy atom. The van der Waals surface area contributed by atoms with Gasteiger partial charge in [0.1, 0.15) is 0 Å². The normalized spacial score (nSPS) is 10.2. The average molecular weight is 276 g/mol. The van der Waals surface area contributed by atoms with Gasteiger partial charge in [0.2, 0.25) is 0 Å². The molecule has 0 atom stereocenters. The van der Waals surface area contributed by atoms with Gasteiger partial charge in [-0.2, -0.15) is 0 Å². The molecule has 0 aliphatic heterocycles. The summed E-state index contributed by atoms with van der Waals surface area (Å²) in [7, 11) is 0. The zero-order valence-corrected chi connectivity index (χ0v) is 11.4. The van der Waals surface area contributed by atoms with Gasteiger partial charge in [0.25, 0.3) is 0 Å². The minimum atomic E-state index is -2.61. The molecule has 0 aliphatic carbocycles. The minimum absolute atomic E-state index is 0.0214. The van der Waals surface area contributed by atoms with E-state index in [2.05, 4.69) is 21.3 Å². The molecule has 1 aromatic rings. The number of hydrogen-bond acceptors (Lipinski definition) is 5. The van der Waals surface area contributed by atoms with Crippen molar-refractivity contribution in [2.45, 2.75) is 19.4 Å². The zero-order valence-electron chi connectivity index (χ0n) is 11.4. The Morgan fingerprint density at radius 1 is 1.10 bits per heavy atom. The van der Waals surface area contributed by atoms with Gasteiger partial charge in [0.05, 0.1) is 13.2 Å². The number of carbonyl (C=O) groups is 2. The standard InChI is InChI=1S/C15H16O5/c1-3-19-13(16)15(18,14(17)20-4-2)11-10-12-8-6-5-7-9-12/h5-9,18H,3-4H2,1-2H3. The molecule has 1 N–H and O–H groups in total. The minimum Gasteiger partial charge on any atom is -0.463 e. The first-order chi connectivity index (χ1) is 9.54. The van der Waals surface area contributed by atoms with Gasteiger partial charge in [-0.25, -0.2) is 9.59 Å². The van der Waals surface area contributed by atoms with Gasteiger partial charge in [0.15, 0.2) is 0 Å². The van der Waals surface area contributed by atoms with Gasteiger partial charge in [-0.15, -0.1) is 0 Å². The second kappa shape index (κ2) is 7.31. The van der Waals surface area contributed by atoms with E-state index in [4.69, 9.17) is 0 Å². The van der Waals surface area contributed by atoms with Crippen LogP contribution in [0.1, 0.15) is 19.4 Å². The van der Waals surface area contributed by atoms with Crippen molar-refractivity contribution < 1.29 is 24.2 Å². The molecule has 0 fully saturated rings. The average Bonchev–Trinajstić information content (AvgIpc) is 2.46. The van der Waals surface area contributed by atoms with Gasteiger partial charge in [-0.05, 0) is 31.9 Å². The van der Waals surface area contributed by atoms with Crippen LogP contribution in [0.25, 0.3) is 0 Å². The van der Waals surface area contributed by atoms with Crippen LogP contribution in [0.2, 0.25) is 0 Å². The fourth-order valence-corrected chi connectivity index (χ4v) is 1.34. The second-order valence-corrected chi connectivity index (χ2v) is 3.77. The Hall–Kier alpha value is -2.32. The largest absolute Gasteiger partial charge is 0.463 e. The molecule has 0 radical (unpaired) electrons. The highest BCUT2D eigenvalue weighted by atomic mass is 16.6. The summed E-state index contributed by atoms with van der Waals surface area (Å²) in [6, 6.07) is 8.66. The number of hydrogen-bond donors (Lipinski definition) is 1. The van der Waals surface area contributed by atoms with Crippen molar-refractivity contribution in [3.8, 4) is 11.8 Å². The number of benzene rings is 1. The van der Waals surface area contributed by atoms with E-state index in [-0.39, 0.29) is 13.2 Å². The molecule has 1 rings (SSSR count). The van der Waals surface area contributed by atoms with Crippen LogP contribution >= 0.6 is 0 Å². The maximum absolute atomic E-state index is 11.7. The Balaban J connectivity index is 3.09. The van der Waals surface area contributed by atoms with E-state index < -0.39 is 17.5 Å². The molecule has 1 aromatic carbocycles. The fourth-order valence-electron chi connectivity index (χ4n) is 1.34. The monoisotopic (exact) mass is 276 g/mol. The van der Waals surface area contributed by atoms with Crippen molar-refractivity contribution in [2.75, 3.05) is 13.2 Å². The molecule has 5 heteroatoms. The van der Waals surface area contributed by atoms with Gasteiger partial charge in [-0.3, -0.25) is 0 Å². The highest BCUT2D eigenvalue weighted by Crippen LogP contribution is 2.10. The Bertz CT molecular complexity index is 506. The summed E-state index contributed by atoms with van der Waals surface area (Å²) in [5.74, 6) is 2.53. The van der Waals surface area contributed by atoms with Gasteiger partial charge in [0, 0.05) is 5.56 Å². The Labute approximate surface area is 117 Å². The molecule has 0 bridgehead atoms.